The van der Waals surface area contributed by atoms with Gasteiger partial charge in [0.15, 0.2) is 0 Å². The van der Waals surface area contributed by atoms with E-state index in [9.17, 15) is 4.79 Å². The summed E-state index contributed by atoms with van der Waals surface area (Å²) in [5, 5.41) is 3.03. The van der Waals surface area contributed by atoms with E-state index in [1.54, 1.807) is 0 Å². The average Bonchev–Trinajstić information content (AvgIpc) is 2.64. The zero-order valence-electron chi connectivity index (χ0n) is 14.2. The van der Waals surface area contributed by atoms with Gasteiger partial charge < -0.3 is 10.2 Å². The number of benzene rings is 2. The number of carbonyl (C=O) groups is 1. The Labute approximate surface area is 144 Å². The Kier molecular flexibility index (Phi) is 6.02. The van der Waals surface area contributed by atoms with E-state index in [2.05, 4.69) is 40.5 Å². The second-order valence-electron chi connectivity index (χ2n) is 6.56. The Balaban J connectivity index is 1.37. The van der Waals surface area contributed by atoms with Gasteiger partial charge in [-0.15, -0.1) is 0 Å². The van der Waals surface area contributed by atoms with Crippen molar-refractivity contribution in [3.05, 3.63) is 66.2 Å². The Morgan fingerprint density at radius 3 is 2.25 bits per heavy atom. The smallest absolute Gasteiger partial charge is 0.227 e. The summed E-state index contributed by atoms with van der Waals surface area (Å²) >= 11 is 0. The number of aryl methyl sites for hydroxylation is 1. The first-order chi connectivity index (χ1) is 11.8. The molecule has 0 saturated carbocycles. The van der Waals surface area contributed by atoms with Crippen LogP contribution in [0.25, 0.3) is 0 Å². The molecule has 1 aliphatic rings. The van der Waals surface area contributed by atoms with E-state index in [0.29, 0.717) is 0 Å². The fraction of sp³-hybridized carbons (Fsp3) is 0.381. The van der Waals surface area contributed by atoms with Crippen molar-refractivity contribution in [3.63, 3.8) is 0 Å². The molecule has 24 heavy (non-hydrogen) atoms. The van der Waals surface area contributed by atoms with E-state index in [4.69, 9.17) is 0 Å². The summed E-state index contributed by atoms with van der Waals surface area (Å²) in [6.07, 6.45) is 4.24. The van der Waals surface area contributed by atoms with Crippen LogP contribution in [0.2, 0.25) is 0 Å². The van der Waals surface area contributed by atoms with Crippen LogP contribution in [-0.4, -0.2) is 30.4 Å². The first-order valence-corrected chi connectivity index (χ1v) is 8.93. The van der Waals surface area contributed by atoms with Crippen LogP contribution < -0.4 is 5.32 Å². The van der Waals surface area contributed by atoms with Gasteiger partial charge in [-0.2, -0.15) is 0 Å². The molecule has 0 radical (unpaired) electrons. The normalized spacial score (nSPS) is 16.0. The van der Waals surface area contributed by atoms with E-state index < -0.39 is 0 Å². The van der Waals surface area contributed by atoms with Crippen molar-refractivity contribution < 1.29 is 4.79 Å². The molecule has 1 aliphatic heterocycles. The van der Waals surface area contributed by atoms with Gasteiger partial charge in [-0.05, 0) is 63.0 Å². The fourth-order valence-electron chi connectivity index (χ4n) is 3.34. The minimum Gasteiger partial charge on any atom is -0.326 e. The van der Waals surface area contributed by atoms with Gasteiger partial charge in [0.1, 0.15) is 0 Å². The van der Waals surface area contributed by atoms with Gasteiger partial charge in [-0.3, -0.25) is 4.79 Å². The lowest BCUT2D eigenvalue weighted by atomic mass is 9.95. The summed E-state index contributed by atoms with van der Waals surface area (Å²) in [6.45, 7) is 3.19. The summed E-state index contributed by atoms with van der Waals surface area (Å²) < 4.78 is 0. The molecule has 3 nitrogen and oxygen atoms in total. The highest BCUT2D eigenvalue weighted by atomic mass is 16.1. The van der Waals surface area contributed by atoms with Gasteiger partial charge in [0.2, 0.25) is 5.91 Å². The van der Waals surface area contributed by atoms with Crippen molar-refractivity contribution in [1.29, 1.82) is 0 Å². The molecular formula is C21H26N2O. The number of amides is 1. The predicted molar refractivity (Wildman–Crippen MR) is 99.0 cm³/mol. The number of hydrogen-bond donors (Lipinski definition) is 1. The van der Waals surface area contributed by atoms with Crippen molar-refractivity contribution in [1.82, 2.24) is 4.90 Å². The minimum absolute atomic E-state index is 0.149. The molecule has 3 rings (SSSR count). The molecule has 3 heteroatoms. The third-order valence-electron chi connectivity index (χ3n) is 4.78. The highest BCUT2D eigenvalue weighted by Crippen LogP contribution is 2.20. The molecule has 0 bridgehead atoms. The molecule has 0 spiro atoms. The van der Waals surface area contributed by atoms with Crippen molar-refractivity contribution in [2.75, 3.05) is 25.0 Å². The van der Waals surface area contributed by atoms with Gasteiger partial charge in [-0.1, -0.05) is 48.5 Å². The molecule has 1 heterocycles. The summed E-state index contributed by atoms with van der Waals surface area (Å²) in [6, 6.07) is 20.4. The number of nitrogens with zero attached hydrogens (tertiary/aromatic N) is 1. The third-order valence-corrected chi connectivity index (χ3v) is 4.78. The van der Waals surface area contributed by atoms with Crippen LogP contribution in [0.5, 0.6) is 0 Å². The topological polar surface area (TPSA) is 32.3 Å². The highest BCUT2D eigenvalue weighted by molar-refractivity contribution is 5.92. The predicted octanol–water partition coefficient (Wildman–Crippen LogP) is 3.97. The number of para-hydroxylation sites is 1. The average molecular weight is 322 g/mol. The standard InChI is InChI=1S/C21H26N2O/c24-21(22-20-11-5-2-6-12-20)19-13-16-23(17-14-19)15-7-10-18-8-3-1-4-9-18/h1-6,8-9,11-12,19H,7,10,13-17H2,(H,22,24). The molecule has 0 atom stereocenters. The maximum absolute atomic E-state index is 12.3. The number of hydrogen-bond acceptors (Lipinski definition) is 2. The monoisotopic (exact) mass is 322 g/mol. The van der Waals surface area contributed by atoms with E-state index >= 15 is 0 Å². The SMILES string of the molecule is O=C(Nc1ccccc1)C1CCN(CCCc2ccccc2)CC1. The van der Waals surface area contributed by atoms with E-state index in [-0.39, 0.29) is 11.8 Å². The Morgan fingerprint density at radius 1 is 0.958 bits per heavy atom. The number of piperidine rings is 1. The molecule has 0 aliphatic carbocycles. The summed E-state index contributed by atoms with van der Waals surface area (Å²) in [5.41, 5.74) is 2.31. The van der Waals surface area contributed by atoms with E-state index in [1.165, 1.54) is 12.0 Å². The van der Waals surface area contributed by atoms with Gasteiger partial charge in [0.05, 0.1) is 0 Å². The maximum Gasteiger partial charge on any atom is 0.227 e. The first kappa shape index (κ1) is 16.7. The van der Waals surface area contributed by atoms with Crippen LogP contribution in [0.15, 0.2) is 60.7 Å². The van der Waals surface area contributed by atoms with Gasteiger partial charge >= 0.3 is 0 Å². The lowest BCUT2D eigenvalue weighted by Gasteiger charge is -2.31. The lowest BCUT2D eigenvalue weighted by Crippen LogP contribution is -2.38. The van der Waals surface area contributed by atoms with E-state index in [1.807, 2.05) is 30.3 Å². The Morgan fingerprint density at radius 2 is 1.58 bits per heavy atom. The van der Waals surface area contributed by atoms with Gasteiger partial charge in [-0.25, -0.2) is 0 Å². The summed E-state index contributed by atoms with van der Waals surface area (Å²) in [5.74, 6) is 0.320. The van der Waals surface area contributed by atoms with Crippen LogP contribution in [0.3, 0.4) is 0 Å². The van der Waals surface area contributed by atoms with Crippen molar-refractivity contribution in [2.45, 2.75) is 25.7 Å². The van der Waals surface area contributed by atoms with Crippen LogP contribution in [0.4, 0.5) is 5.69 Å². The molecule has 1 saturated heterocycles. The largest absolute Gasteiger partial charge is 0.326 e. The molecule has 1 fully saturated rings. The van der Waals surface area contributed by atoms with E-state index in [0.717, 1.165) is 44.6 Å². The van der Waals surface area contributed by atoms with Gasteiger partial charge in [0.25, 0.3) is 0 Å². The zero-order valence-corrected chi connectivity index (χ0v) is 14.2. The molecular weight excluding hydrogens is 296 g/mol. The molecule has 2 aromatic rings. The van der Waals surface area contributed by atoms with Crippen molar-refractivity contribution in [2.24, 2.45) is 5.92 Å². The van der Waals surface area contributed by atoms with Gasteiger partial charge in [0, 0.05) is 11.6 Å². The van der Waals surface area contributed by atoms with Crippen LogP contribution >= 0.6 is 0 Å². The third kappa shape index (κ3) is 4.93. The van der Waals surface area contributed by atoms with Crippen molar-refractivity contribution >= 4 is 11.6 Å². The maximum atomic E-state index is 12.3. The molecule has 126 valence electrons. The fourth-order valence-corrected chi connectivity index (χ4v) is 3.34. The quantitative estimate of drug-likeness (QED) is 0.873. The van der Waals surface area contributed by atoms with Crippen LogP contribution in [0.1, 0.15) is 24.8 Å². The molecule has 2 aromatic carbocycles. The lowest BCUT2D eigenvalue weighted by molar-refractivity contribution is -0.121. The first-order valence-electron chi connectivity index (χ1n) is 8.93. The van der Waals surface area contributed by atoms with Crippen molar-refractivity contribution in [3.8, 4) is 0 Å². The van der Waals surface area contributed by atoms with Crippen LogP contribution in [0, 0.1) is 5.92 Å². The van der Waals surface area contributed by atoms with Crippen LogP contribution in [-0.2, 0) is 11.2 Å². The second-order valence-corrected chi connectivity index (χ2v) is 6.56. The zero-order chi connectivity index (χ0) is 16.6. The second kappa shape index (κ2) is 8.65. The highest BCUT2D eigenvalue weighted by Gasteiger charge is 2.24. The molecule has 0 aromatic heterocycles. The Hall–Kier alpha value is -2.13. The summed E-state index contributed by atoms with van der Waals surface area (Å²) in [4.78, 5) is 14.8. The molecule has 1 amide bonds. The number of nitrogens with one attached hydrogen (secondary N) is 1. The molecule has 0 unspecified atom stereocenters. The minimum atomic E-state index is 0.149. The summed E-state index contributed by atoms with van der Waals surface area (Å²) in [7, 11) is 0. The number of carbonyl (C=O) groups excluding carboxylic acids is 1. The molecule has 1 N–H and O–H groups in total. The number of anilines is 1. The Bertz CT molecular complexity index is 619. The number of rotatable bonds is 6. The number of likely N-dealkylation sites (tertiary alicyclic amines) is 1.